The van der Waals surface area contributed by atoms with Crippen LogP contribution in [0.3, 0.4) is 0 Å². The van der Waals surface area contributed by atoms with E-state index in [1.54, 1.807) is 11.8 Å². The number of methoxy groups -OCH3 is 1. The topological polar surface area (TPSA) is 68.2 Å². The minimum absolute atomic E-state index is 0.0537. The number of rotatable bonds is 6. The van der Waals surface area contributed by atoms with Crippen molar-refractivity contribution in [2.75, 3.05) is 13.7 Å². The summed E-state index contributed by atoms with van der Waals surface area (Å²) in [6.45, 7) is 2.85. The summed E-state index contributed by atoms with van der Waals surface area (Å²) in [7, 11) is 3.47. The van der Waals surface area contributed by atoms with Crippen LogP contribution in [-0.4, -0.2) is 35.4 Å². The Morgan fingerprint density at radius 1 is 1.56 bits per heavy atom. The Bertz CT molecular complexity index is 438. The van der Waals surface area contributed by atoms with E-state index >= 15 is 0 Å². The van der Waals surface area contributed by atoms with E-state index in [9.17, 15) is 4.79 Å². The molecule has 0 unspecified atom stereocenters. The van der Waals surface area contributed by atoms with Crippen LogP contribution >= 0.6 is 0 Å². The molecule has 1 saturated carbocycles. The van der Waals surface area contributed by atoms with Gasteiger partial charge in [0.15, 0.2) is 0 Å². The van der Waals surface area contributed by atoms with E-state index in [0.717, 1.165) is 30.0 Å². The molecule has 0 bridgehead atoms. The van der Waals surface area contributed by atoms with Crippen molar-refractivity contribution in [2.45, 2.75) is 32.4 Å². The fourth-order valence-electron chi connectivity index (χ4n) is 1.95. The van der Waals surface area contributed by atoms with Crippen LogP contribution in [-0.2, 0) is 18.4 Å². The lowest BCUT2D eigenvalue weighted by Crippen LogP contribution is -2.34. The Morgan fingerprint density at radius 3 is 2.89 bits per heavy atom. The Kier molecular flexibility index (Phi) is 3.86. The van der Waals surface area contributed by atoms with Crippen molar-refractivity contribution in [1.29, 1.82) is 0 Å². The molecule has 0 saturated heterocycles. The number of aromatic nitrogens is 2. The predicted octanol–water partition coefficient (Wildman–Crippen LogP) is 0.105. The lowest BCUT2D eigenvalue weighted by molar-refractivity contribution is -0.120. The minimum atomic E-state index is 0.0537. The number of hydrogen-bond acceptors (Lipinski definition) is 4. The normalized spacial score (nSPS) is 14.6. The van der Waals surface area contributed by atoms with Crippen molar-refractivity contribution in [1.82, 2.24) is 20.4 Å². The fourth-order valence-corrected chi connectivity index (χ4v) is 1.95. The third kappa shape index (κ3) is 3.01. The molecule has 0 aromatic carbocycles. The average molecular weight is 252 g/mol. The summed E-state index contributed by atoms with van der Waals surface area (Å²) < 4.78 is 6.99. The van der Waals surface area contributed by atoms with Gasteiger partial charge < -0.3 is 15.4 Å². The molecule has 1 amide bonds. The number of aryl methyl sites for hydroxylation is 2. The number of nitrogens with one attached hydrogen (secondary N) is 2. The summed E-state index contributed by atoms with van der Waals surface area (Å²) in [5.41, 5.74) is 1.92. The molecule has 6 heteroatoms. The molecule has 1 aromatic rings. The predicted molar refractivity (Wildman–Crippen MR) is 67.4 cm³/mol. The maximum absolute atomic E-state index is 11.5. The number of hydrogen-bond donors (Lipinski definition) is 2. The Morgan fingerprint density at radius 2 is 2.28 bits per heavy atom. The van der Waals surface area contributed by atoms with Gasteiger partial charge in [-0.25, -0.2) is 4.68 Å². The van der Waals surface area contributed by atoms with Crippen LogP contribution in [0.25, 0.3) is 0 Å². The van der Waals surface area contributed by atoms with Gasteiger partial charge >= 0.3 is 0 Å². The van der Waals surface area contributed by atoms with Gasteiger partial charge in [-0.15, -0.1) is 0 Å². The SMILES string of the molecule is COc1c(CNCC(=O)NC2CC2)c(C)nn1C. The molecule has 18 heavy (non-hydrogen) atoms. The van der Waals surface area contributed by atoms with Crippen LogP contribution < -0.4 is 15.4 Å². The molecule has 1 aliphatic rings. The zero-order valence-corrected chi connectivity index (χ0v) is 11.1. The van der Waals surface area contributed by atoms with E-state index in [1.165, 1.54) is 0 Å². The van der Waals surface area contributed by atoms with Gasteiger partial charge in [-0.3, -0.25) is 4.79 Å². The van der Waals surface area contributed by atoms with Crippen molar-refractivity contribution in [3.63, 3.8) is 0 Å². The fraction of sp³-hybridized carbons (Fsp3) is 0.667. The highest BCUT2D eigenvalue weighted by atomic mass is 16.5. The molecule has 0 atom stereocenters. The van der Waals surface area contributed by atoms with Gasteiger partial charge in [0.25, 0.3) is 0 Å². The van der Waals surface area contributed by atoms with Crippen molar-refractivity contribution in [3.05, 3.63) is 11.3 Å². The molecule has 0 spiro atoms. The Hall–Kier alpha value is -1.56. The largest absolute Gasteiger partial charge is 0.481 e. The van der Waals surface area contributed by atoms with Crippen LogP contribution in [0.5, 0.6) is 5.88 Å². The van der Waals surface area contributed by atoms with Crippen LogP contribution in [0.2, 0.25) is 0 Å². The first-order chi connectivity index (χ1) is 8.61. The highest BCUT2D eigenvalue weighted by Crippen LogP contribution is 2.20. The average Bonchev–Trinajstić information content (AvgIpc) is 3.06. The monoisotopic (exact) mass is 252 g/mol. The van der Waals surface area contributed by atoms with Crippen molar-refractivity contribution in [3.8, 4) is 5.88 Å². The molecule has 1 aliphatic carbocycles. The van der Waals surface area contributed by atoms with E-state index in [0.29, 0.717) is 19.1 Å². The summed E-state index contributed by atoms with van der Waals surface area (Å²) in [5, 5.41) is 10.3. The number of ether oxygens (including phenoxy) is 1. The number of carbonyl (C=O) groups excluding carboxylic acids is 1. The second-order valence-electron chi connectivity index (χ2n) is 4.64. The quantitative estimate of drug-likeness (QED) is 0.754. The van der Waals surface area contributed by atoms with Crippen molar-refractivity contribution >= 4 is 5.91 Å². The highest BCUT2D eigenvalue weighted by Gasteiger charge is 2.23. The van der Waals surface area contributed by atoms with E-state index < -0.39 is 0 Å². The molecule has 2 rings (SSSR count). The minimum Gasteiger partial charge on any atom is -0.481 e. The standard InChI is InChI=1S/C12H20N4O2/c1-8-10(12(18-3)16(2)15-8)6-13-7-11(17)14-9-4-5-9/h9,13H,4-7H2,1-3H3,(H,14,17). The maximum Gasteiger partial charge on any atom is 0.234 e. The second kappa shape index (κ2) is 5.39. The smallest absolute Gasteiger partial charge is 0.234 e. The van der Waals surface area contributed by atoms with Gasteiger partial charge in [0.1, 0.15) is 0 Å². The summed E-state index contributed by atoms with van der Waals surface area (Å²) >= 11 is 0. The van der Waals surface area contributed by atoms with Gasteiger partial charge in [0.05, 0.1) is 24.9 Å². The van der Waals surface area contributed by atoms with Gasteiger partial charge in [-0.2, -0.15) is 5.10 Å². The van der Waals surface area contributed by atoms with Crippen LogP contribution in [0, 0.1) is 6.92 Å². The molecule has 0 aliphatic heterocycles. The van der Waals surface area contributed by atoms with E-state index in [4.69, 9.17) is 4.74 Å². The lowest BCUT2D eigenvalue weighted by atomic mass is 10.2. The van der Waals surface area contributed by atoms with E-state index in [1.807, 2.05) is 14.0 Å². The van der Waals surface area contributed by atoms with Crippen molar-refractivity contribution in [2.24, 2.45) is 7.05 Å². The molecular weight excluding hydrogens is 232 g/mol. The molecule has 0 radical (unpaired) electrons. The first-order valence-corrected chi connectivity index (χ1v) is 6.18. The summed E-state index contributed by atoms with van der Waals surface area (Å²) in [6, 6.07) is 0.411. The Labute approximate surface area is 107 Å². The summed E-state index contributed by atoms with van der Waals surface area (Å²) in [6.07, 6.45) is 2.22. The molecular formula is C12H20N4O2. The molecule has 1 heterocycles. The zero-order chi connectivity index (χ0) is 13.1. The molecule has 100 valence electrons. The number of amides is 1. The van der Waals surface area contributed by atoms with Crippen LogP contribution in [0.1, 0.15) is 24.1 Å². The van der Waals surface area contributed by atoms with E-state index in [-0.39, 0.29) is 5.91 Å². The van der Waals surface area contributed by atoms with Crippen LogP contribution in [0.4, 0.5) is 0 Å². The molecule has 2 N–H and O–H groups in total. The third-order valence-electron chi connectivity index (χ3n) is 3.01. The first-order valence-electron chi connectivity index (χ1n) is 6.18. The van der Waals surface area contributed by atoms with Gasteiger partial charge in [-0.05, 0) is 19.8 Å². The second-order valence-corrected chi connectivity index (χ2v) is 4.64. The summed E-state index contributed by atoms with van der Waals surface area (Å²) in [4.78, 5) is 11.5. The maximum atomic E-state index is 11.5. The highest BCUT2D eigenvalue weighted by molar-refractivity contribution is 5.78. The van der Waals surface area contributed by atoms with Crippen LogP contribution in [0.15, 0.2) is 0 Å². The number of nitrogens with zero attached hydrogens (tertiary/aromatic N) is 2. The van der Waals surface area contributed by atoms with Gasteiger partial charge in [0, 0.05) is 19.6 Å². The van der Waals surface area contributed by atoms with E-state index in [2.05, 4.69) is 15.7 Å². The Balaban J connectivity index is 1.83. The van der Waals surface area contributed by atoms with Gasteiger partial charge in [-0.1, -0.05) is 0 Å². The number of carbonyl (C=O) groups is 1. The van der Waals surface area contributed by atoms with Crippen molar-refractivity contribution < 1.29 is 9.53 Å². The molecule has 1 fully saturated rings. The lowest BCUT2D eigenvalue weighted by Gasteiger charge is -2.07. The summed E-state index contributed by atoms with van der Waals surface area (Å²) in [5.74, 6) is 0.792. The first kappa shape index (κ1) is 12.9. The molecule has 1 aromatic heterocycles. The van der Waals surface area contributed by atoms with Gasteiger partial charge in [0.2, 0.25) is 11.8 Å². The molecule has 6 nitrogen and oxygen atoms in total. The zero-order valence-electron chi connectivity index (χ0n) is 11.1. The third-order valence-corrected chi connectivity index (χ3v) is 3.01.